The molecule has 0 unspecified atom stereocenters. The Bertz CT molecular complexity index is 1830. The molecule has 0 radical (unpaired) electrons. The largest absolute Gasteiger partial charge is 0.507 e. The molecule has 3 heterocycles. The first kappa shape index (κ1) is 24.0. The summed E-state index contributed by atoms with van der Waals surface area (Å²) in [5.41, 5.74) is 3.36. The molecular formula is C31H23ClN2O4S. The van der Waals surface area contributed by atoms with Crippen molar-refractivity contribution in [1.82, 2.24) is 0 Å². The van der Waals surface area contributed by atoms with E-state index in [-0.39, 0.29) is 29.2 Å². The van der Waals surface area contributed by atoms with Gasteiger partial charge in [0.05, 0.1) is 21.1 Å². The summed E-state index contributed by atoms with van der Waals surface area (Å²) >= 11 is 7.49. The van der Waals surface area contributed by atoms with Crippen LogP contribution in [0.2, 0.25) is 0 Å². The van der Waals surface area contributed by atoms with Crippen LogP contribution in [0.3, 0.4) is 0 Å². The summed E-state index contributed by atoms with van der Waals surface area (Å²) in [6.07, 6.45) is 0.695. The molecule has 2 N–H and O–H groups in total. The molecule has 8 heteroatoms. The van der Waals surface area contributed by atoms with Gasteiger partial charge in [-0.1, -0.05) is 48.5 Å². The Morgan fingerprint density at radius 2 is 1.36 bits per heavy atom. The molecule has 0 saturated heterocycles. The van der Waals surface area contributed by atoms with Gasteiger partial charge < -0.3 is 20.0 Å². The molecule has 1 atom stereocenters. The molecule has 0 saturated carbocycles. The zero-order valence-corrected chi connectivity index (χ0v) is 22.3. The van der Waals surface area contributed by atoms with Gasteiger partial charge in [0.1, 0.15) is 11.5 Å². The molecule has 2 amide bonds. The van der Waals surface area contributed by atoms with Crippen molar-refractivity contribution in [3.8, 4) is 11.5 Å². The van der Waals surface area contributed by atoms with Gasteiger partial charge in [-0.3, -0.25) is 9.59 Å². The normalized spacial score (nSPS) is 16.2. The van der Waals surface area contributed by atoms with Crippen molar-refractivity contribution in [1.29, 1.82) is 0 Å². The molecule has 39 heavy (non-hydrogen) atoms. The van der Waals surface area contributed by atoms with Gasteiger partial charge in [-0.15, -0.1) is 22.9 Å². The third-order valence-corrected chi connectivity index (χ3v) is 9.27. The predicted molar refractivity (Wildman–Crippen MR) is 156 cm³/mol. The second-order valence-corrected chi connectivity index (χ2v) is 11.3. The summed E-state index contributed by atoms with van der Waals surface area (Å²) in [7, 11) is 0. The average molecular weight is 555 g/mol. The van der Waals surface area contributed by atoms with Crippen LogP contribution in [0.25, 0.3) is 21.5 Å². The molecule has 0 fully saturated rings. The molecule has 194 valence electrons. The van der Waals surface area contributed by atoms with E-state index in [1.54, 1.807) is 34.1 Å². The van der Waals surface area contributed by atoms with Crippen LogP contribution in [0.4, 0.5) is 11.4 Å². The summed E-state index contributed by atoms with van der Waals surface area (Å²) < 4.78 is 0. The van der Waals surface area contributed by atoms with E-state index >= 15 is 0 Å². The number of phenolic OH excluding ortho intramolecular Hbond substituents is 2. The van der Waals surface area contributed by atoms with E-state index in [4.69, 9.17) is 11.6 Å². The topological polar surface area (TPSA) is 81.1 Å². The lowest BCUT2D eigenvalue weighted by molar-refractivity contribution is 0.0986. The Labute approximate surface area is 233 Å². The maximum Gasteiger partial charge on any atom is 0.268 e. The minimum Gasteiger partial charge on any atom is -0.507 e. The highest BCUT2D eigenvalue weighted by molar-refractivity contribution is 7.16. The Morgan fingerprint density at radius 3 is 2.03 bits per heavy atom. The lowest BCUT2D eigenvalue weighted by Crippen LogP contribution is -2.29. The minimum absolute atomic E-state index is 0.0687. The first-order valence-corrected chi connectivity index (χ1v) is 14.1. The van der Waals surface area contributed by atoms with E-state index in [9.17, 15) is 19.8 Å². The fourth-order valence-corrected chi connectivity index (χ4v) is 7.20. The molecule has 2 aliphatic rings. The molecule has 4 aromatic carbocycles. The lowest BCUT2D eigenvalue weighted by Gasteiger charge is -2.18. The van der Waals surface area contributed by atoms with E-state index in [1.807, 2.05) is 48.5 Å². The Hall–Kier alpha value is -4.07. The maximum atomic E-state index is 13.7. The van der Waals surface area contributed by atoms with E-state index in [2.05, 4.69) is 0 Å². The molecule has 7 rings (SSSR count). The quantitative estimate of drug-likeness (QED) is 0.245. The number of phenols is 2. The number of benzene rings is 4. The van der Waals surface area contributed by atoms with Crippen molar-refractivity contribution in [2.75, 3.05) is 28.8 Å². The van der Waals surface area contributed by atoms with Crippen LogP contribution in [0, 0.1) is 0 Å². The van der Waals surface area contributed by atoms with Gasteiger partial charge >= 0.3 is 0 Å². The first-order valence-electron chi connectivity index (χ1n) is 12.7. The van der Waals surface area contributed by atoms with Crippen molar-refractivity contribution < 1.29 is 19.8 Å². The van der Waals surface area contributed by atoms with Crippen molar-refractivity contribution >= 4 is 67.7 Å². The number of amides is 2. The molecule has 1 aromatic heterocycles. The standard InChI is InChI=1S/C31H23ClN2O4S/c32-15-17-16-34(24-14-26(36)21-7-3-4-8-22(21)29(17)24)31(38)28-10-9-27(39-28)30(37)33-12-11-19-18-5-1-2-6-20(18)25(35)13-23(19)33/h1-10,13-14,17,35-36H,11-12,15-16H2/t17-/m1/s1. The molecule has 0 bridgehead atoms. The third kappa shape index (κ3) is 3.61. The number of carbonyl (C=O) groups is 2. The first-order chi connectivity index (χ1) is 19.0. The van der Waals surface area contributed by atoms with Crippen LogP contribution in [0.1, 0.15) is 36.4 Å². The molecule has 5 aromatic rings. The number of alkyl halides is 1. The molecule has 6 nitrogen and oxygen atoms in total. The third-order valence-electron chi connectivity index (χ3n) is 7.84. The smallest absolute Gasteiger partial charge is 0.268 e. The van der Waals surface area contributed by atoms with Crippen LogP contribution in [0.5, 0.6) is 11.5 Å². The number of aromatic hydroxyl groups is 2. The maximum absolute atomic E-state index is 13.7. The van der Waals surface area contributed by atoms with Crippen LogP contribution in [-0.2, 0) is 6.42 Å². The number of thiophene rings is 1. The van der Waals surface area contributed by atoms with Gasteiger partial charge in [0.2, 0.25) is 0 Å². The highest BCUT2D eigenvalue weighted by Crippen LogP contribution is 2.46. The van der Waals surface area contributed by atoms with E-state index in [1.165, 1.54) is 0 Å². The average Bonchev–Trinajstić information content (AvgIpc) is 3.70. The van der Waals surface area contributed by atoms with Crippen LogP contribution >= 0.6 is 22.9 Å². The number of nitrogens with zero attached hydrogens (tertiary/aromatic N) is 2. The SMILES string of the molecule is O=C(c1ccc(C(=O)N2C[C@@H](CCl)c3c2cc(O)c2ccccc32)s1)N1CCc2c1cc(O)c1ccccc21. The van der Waals surface area contributed by atoms with Crippen LogP contribution < -0.4 is 9.80 Å². The van der Waals surface area contributed by atoms with Gasteiger partial charge in [-0.05, 0) is 40.5 Å². The summed E-state index contributed by atoms with van der Waals surface area (Å²) in [5.74, 6) is 0.104. The van der Waals surface area contributed by atoms with Gasteiger partial charge in [0, 0.05) is 47.8 Å². The Morgan fingerprint density at radius 1 is 0.795 bits per heavy atom. The Balaban J connectivity index is 1.21. The van der Waals surface area contributed by atoms with Crippen molar-refractivity contribution in [2.24, 2.45) is 0 Å². The molecule has 2 aliphatic heterocycles. The second kappa shape index (κ2) is 9.00. The zero-order valence-electron chi connectivity index (χ0n) is 20.7. The summed E-state index contributed by atoms with van der Waals surface area (Å²) in [6.45, 7) is 0.907. The van der Waals surface area contributed by atoms with Crippen molar-refractivity contribution in [3.05, 3.63) is 93.7 Å². The van der Waals surface area contributed by atoms with E-state index < -0.39 is 0 Å². The molecule has 0 aliphatic carbocycles. The van der Waals surface area contributed by atoms with Gasteiger partial charge in [-0.2, -0.15) is 0 Å². The second-order valence-electron chi connectivity index (χ2n) is 9.95. The van der Waals surface area contributed by atoms with Crippen LogP contribution in [0.15, 0.2) is 72.8 Å². The highest BCUT2D eigenvalue weighted by atomic mass is 35.5. The predicted octanol–water partition coefficient (Wildman–Crippen LogP) is 6.65. The van der Waals surface area contributed by atoms with Gasteiger partial charge in [-0.25, -0.2) is 0 Å². The monoisotopic (exact) mass is 554 g/mol. The highest BCUT2D eigenvalue weighted by Gasteiger charge is 2.36. The molecule has 0 spiro atoms. The fraction of sp³-hybridized carbons (Fsp3) is 0.161. The Kier molecular flexibility index (Phi) is 5.54. The number of halogens is 1. The number of rotatable bonds is 3. The van der Waals surface area contributed by atoms with E-state index in [0.29, 0.717) is 46.5 Å². The minimum atomic E-state index is -0.229. The van der Waals surface area contributed by atoms with Crippen LogP contribution in [-0.4, -0.2) is 41.0 Å². The number of hydrogen-bond acceptors (Lipinski definition) is 5. The van der Waals surface area contributed by atoms with Crippen molar-refractivity contribution in [2.45, 2.75) is 12.3 Å². The van der Waals surface area contributed by atoms with Gasteiger partial charge in [0.15, 0.2) is 0 Å². The number of fused-ring (bicyclic) bond motifs is 6. The van der Waals surface area contributed by atoms with E-state index in [0.717, 1.165) is 44.0 Å². The van der Waals surface area contributed by atoms with Gasteiger partial charge in [0.25, 0.3) is 11.8 Å². The summed E-state index contributed by atoms with van der Waals surface area (Å²) in [5, 5.41) is 24.6. The summed E-state index contributed by atoms with van der Waals surface area (Å²) in [6, 6.07) is 21.9. The number of hydrogen-bond donors (Lipinski definition) is 2. The number of carbonyl (C=O) groups excluding carboxylic acids is 2. The summed E-state index contributed by atoms with van der Waals surface area (Å²) in [4.78, 5) is 31.5. The molecular weight excluding hydrogens is 532 g/mol. The fourth-order valence-electron chi connectivity index (χ4n) is 6.04. The zero-order chi connectivity index (χ0) is 26.8. The number of anilines is 2. The lowest BCUT2D eigenvalue weighted by atomic mass is 9.95. The van der Waals surface area contributed by atoms with Crippen molar-refractivity contribution in [3.63, 3.8) is 0 Å².